The summed E-state index contributed by atoms with van der Waals surface area (Å²) in [6, 6.07) is 1.55. The molecule has 2 atom stereocenters. The highest BCUT2D eigenvalue weighted by Crippen LogP contribution is 2.30. The Labute approximate surface area is 120 Å². The maximum atomic E-state index is 3.83. The van der Waals surface area contributed by atoms with Gasteiger partial charge >= 0.3 is 0 Å². The van der Waals surface area contributed by atoms with E-state index in [0.717, 1.165) is 23.9 Å². The second-order valence-electron chi connectivity index (χ2n) is 7.21. The van der Waals surface area contributed by atoms with Gasteiger partial charge in [-0.05, 0) is 31.1 Å². The standard InChI is InChI=1S/C17H34N2/c1-4-8-16-13-19(12-14(2)3)17(11-18-16)15-9-6-5-7-10-15/h14-18H,4-13H2,1-3H3. The molecule has 2 fully saturated rings. The van der Waals surface area contributed by atoms with E-state index in [4.69, 9.17) is 0 Å². The van der Waals surface area contributed by atoms with Gasteiger partial charge in [-0.3, -0.25) is 4.90 Å². The third-order valence-electron chi connectivity index (χ3n) is 4.97. The van der Waals surface area contributed by atoms with Crippen molar-refractivity contribution in [1.29, 1.82) is 0 Å². The molecule has 2 rings (SSSR count). The average Bonchev–Trinajstić information content (AvgIpc) is 2.40. The summed E-state index contributed by atoms with van der Waals surface area (Å²) in [4.78, 5) is 2.83. The average molecular weight is 266 g/mol. The minimum absolute atomic E-state index is 0.739. The first kappa shape index (κ1) is 15.3. The van der Waals surface area contributed by atoms with Gasteiger partial charge in [0.25, 0.3) is 0 Å². The number of piperazine rings is 1. The SMILES string of the molecule is CCCC1CN(CC(C)C)C(C2CCCCC2)CN1. The van der Waals surface area contributed by atoms with Crippen molar-refractivity contribution in [1.82, 2.24) is 10.2 Å². The van der Waals surface area contributed by atoms with Gasteiger partial charge in [-0.2, -0.15) is 0 Å². The molecular formula is C17H34N2. The van der Waals surface area contributed by atoms with Crippen molar-refractivity contribution in [3.8, 4) is 0 Å². The van der Waals surface area contributed by atoms with Crippen LogP contribution in [0.2, 0.25) is 0 Å². The molecule has 1 aliphatic carbocycles. The van der Waals surface area contributed by atoms with Crippen molar-refractivity contribution in [3.05, 3.63) is 0 Å². The summed E-state index contributed by atoms with van der Waals surface area (Å²) in [5, 5.41) is 3.83. The van der Waals surface area contributed by atoms with Crippen LogP contribution >= 0.6 is 0 Å². The van der Waals surface area contributed by atoms with Crippen molar-refractivity contribution < 1.29 is 0 Å². The number of hydrogen-bond acceptors (Lipinski definition) is 2. The van der Waals surface area contributed by atoms with E-state index < -0.39 is 0 Å². The third kappa shape index (κ3) is 4.46. The van der Waals surface area contributed by atoms with Crippen LogP contribution in [0.4, 0.5) is 0 Å². The Morgan fingerprint density at radius 3 is 2.53 bits per heavy atom. The van der Waals surface area contributed by atoms with Crippen LogP contribution in [0, 0.1) is 11.8 Å². The fourth-order valence-electron chi connectivity index (χ4n) is 4.10. The molecule has 2 aliphatic rings. The topological polar surface area (TPSA) is 15.3 Å². The number of nitrogens with zero attached hydrogens (tertiary/aromatic N) is 1. The van der Waals surface area contributed by atoms with Gasteiger partial charge in [0.15, 0.2) is 0 Å². The van der Waals surface area contributed by atoms with Crippen molar-refractivity contribution in [2.45, 2.75) is 77.8 Å². The maximum absolute atomic E-state index is 3.83. The molecule has 0 aromatic rings. The highest BCUT2D eigenvalue weighted by molar-refractivity contribution is 4.91. The van der Waals surface area contributed by atoms with E-state index in [2.05, 4.69) is 31.0 Å². The predicted molar refractivity (Wildman–Crippen MR) is 83.5 cm³/mol. The van der Waals surface area contributed by atoms with Gasteiger partial charge in [-0.1, -0.05) is 46.5 Å². The summed E-state index contributed by atoms with van der Waals surface area (Å²) in [5.74, 6) is 1.76. The lowest BCUT2D eigenvalue weighted by Gasteiger charge is -2.45. The zero-order chi connectivity index (χ0) is 13.7. The van der Waals surface area contributed by atoms with Gasteiger partial charge in [0.05, 0.1) is 0 Å². The molecule has 0 radical (unpaired) electrons. The van der Waals surface area contributed by atoms with Crippen LogP contribution in [0.15, 0.2) is 0 Å². The summed E-state index contributed by atoms with van der Waals surface area (Å²) >= 11 is 0. The van der Waals surface area contributed by atoms with Gasteiger partial charge in [-0.15, -0.1) is 0 Å². The van der Waals surface area contributed by atoms with Crippen molar-refractivity contribution >= 4 is 0 Å². The lowest BCUT2D eigenvalue weighted by molar-refractivity contribution is 0.0602. The Kier molecular flexibility index (Phi) is 6.15. The molecule has 1 aliphatic heterocycles. The molecule has 0 bridgehead atoms. The highest BCUT2D eigenvalue weighted by Gasteiger charge is 2.33. The fourth-order valence-corrected chi connectivity index (χ4v) is 4.10. The Morgan fingerprint density at radius 2 is 1.89 bits per heavy atom. The van der Waals surface area contributed by atoms with E-state index in [0.29, 0.717) is 0 Å². The molecule has 1 saturated carbocycles. The van der Waals surface area contributed by atoms with Crippen LogP contribution in [0.5, 0.6) is 0 Å². The molecule has 0 aromatic carbocycles. The Morgan fingerprint density at radius 1 is 1.16 bits per heavy atom. The van der Waals surface area contributed by atoms with Crippen LogP contribution < -0.4 is 5.32 Å². The molecule has 0 spiro atoms. The van der Waals surface area contributed by atoms with Crippen LogP contribution in [-0.4, -0.2) is 36.6 Å². The van der Waals surface area contributed by atoms with E-state index in [-0.39, 0.29) is 0 Å². The van der Waals surface area contributed by atoms with Crippen molar-refractivity contribution in [2.75, 3.05) is 19.6 Å². The van der Waals surface area contributed by atoms with Gasteiger partial charge in [0, 0.05) is 31.7 Å². The Hall–Kier alpha value is -0.0800. The first-order valence-electron chi connectivity index (χ1n) is 8.68. The first-order chi connectivity index (χ1) is 9.20. The zero-order valence-electron chi connectivity index (χ0n) is 13.3. The second-order valence-corrected chi connectivity index (χ2v) is 7.21. The molecule has 1 heterocycles. The van der Waals surface area contributed by atoms with Crippen LogP contribution in [0.25, 0.3) is 0 Å². The second kappa shape index (κ2) is 7.64. The van der Waals surface area contributed by atoms with Crippen LogP contribution in [-0.2, 0) is 0 Å². The minimum atomic E-state index is 0.739. The van der Waals surface area contributed by atoms with Gasteiger partial charge in [-0.25, -0.2) is 0 Å². The molecule has 2 nitrogen and oxygen atoms in total. The van der Waals surface area contributed by atoms with E-state index in [1.54, 1.807) is 0 Å². The van der Waals surface area contributed by atoms with E-state index in [9.17, 15) is 0 Å². The quantitative estimate of drug-likeness (QED) is 0.817. The summed E-state index contributed by atoms with van der Waals surface area (Å²) in [7, 11) is 0. The number of hydrogen-bond donors (Lipinski definition) is 1. The van der Waals surface area contributed by atoms with Crippen molar-refractivity contribution in [2.24, 2.45) is 11.8 Å². The lowest BCUT2D eigenvalue weighted by Crippen LogP contribution is -2.59. The minimum Gasteiger partial charge on any atom is -0.311 e. The molecule has 112 valence electrons. The van der Waals surface area contributed by atoms with E-state index >= 15 is 0 Å². The number of nitrogens with one attached hydrogen (secondary N) is 1. The van der Waals surface area contributed by atoms with E-state index in [1.165, 1.54) is 64.6 Å². The summed E-state index contributed by atoms with van der Waals surface area (Å²) in [6.07, 6.45) is 10.00. The molecule has 2 unspecified atom stereocenters. The Balaban J connectivity index is 1.95. The van der Waals surface area contributed by atoms with Crippen molar-refractivity contribution in [3.63, 3.8) is 0 Å². The largest absolute Gasteiger partial charge is 0.311 e. The molecule has 0 amide bonds. The van der Waals surface area contributed by atoms with Gasteiger partial charge in [0.1, 0.15) is 0 Å². The monoisotopic (exact) mass is 266 g/mol. The normalized spacial score (nSPS) is 30.9. The summed E-state index contributed by atoms with van der Waals surface area (Å²) in [6.45, 7) is 10.9. The number of rotatable bonds is 5. The maximum Gasteiger partial charge on any atom is 0.0249 e. The highest BCUT2D eigenvalue weighted by atomic mass is 15.2. The summed E-state index contributed by atoms with van der Waals surface area (Å²) < 4.78 is 0. The molecule has 1 N–H and O–H groups in total. The molecule has 19 heavy (non-hydrogen) atoms. The molecule has 0 aromatic heterocycles. The molecule has 1 saturated heterocycles. The first-order valence-corrected chi connectivity index (χ1v) is 8.68. The summed E-state index contributed by atoms with van der Waals surface area (Å²) in [5.41, 5.74) is 0. The zero-order valence-corrected chi connectivity index (χ0v) is 13.3. The van der Waals surface area contributed by atoms with Crippen LogP contribution in [0.3, 0.4) is 0 Å². The Bertz CT molecular complexity index is 246. The predicted octanol–water partition coefficient (Wildman–Crippen LogP) is 3.67. The third-order valence-corrected chi connectivity index (χ3v) is 4.97. The fraction of sp³-hybridized carbons (Fsp3) is 1.00. The smallest absolute Gasteiger partial charge is 0.0249 e. The molecule has 2 heteroatoms. The van der Waals surface area contributed by atoms with Gasteiger partial charge < -0.3 is 5.32 Å². The van der Waals surface area contributed by atoms with E-state index in [1.807, 2.05) is 0 Å². The lowest BCUT2D eigenvalue weighted by atomic mass is 9.81. The van der Waals surface area contributed by atoms with Crippen LogP contribution in [0.1, 0.15) is 65.7 Å². The van der Waals surface area contributed by atoms with Gasteiger partial charge in [0.2, 0.25) is 0 Å². The molecular weight excluding hydrogens is 232 g/mol.